The summed E-state index contributed by atoms with van der Waals surface area (Å²) in [7, 11) is 1.84. The van der Waals surface area contributed by atoms with E-state index in [9.17, 15) is 9.59 Å². The summed E-state index contributed by atoms with van der Waals surface area (Å²) < 4.78 is 0. The summed E-state index contributed by atoms with van der Waals surface area (Å²) in [5, 5.41) is 4.23. The average molecular weight is 325 g/mol. The molecule has 0 aliphatic carbocycles. The summed E-state index contributed by atoms with van der Waals surface area (Å²) in [5.74, 6) is 0. The number of hydrogen-bond acceptors (Lipinski definition) is 3. The Balaban J connectivity index is 2.10. The first-order chi connectivity index (χ1) is 11.6. The van der Waals surface area contributed by atoms with Crippen LogP contribution < -0.4 is 21.4 Å². The smallest absolute Gasteiger partial charge is 0.342 e. The average Bonchev–Trinajstić information content (AvgIpc) is 2.94. The van der Waals surface area contributed by atoms with E-state index in [-0.39, 0.29) is 0 Å². The Labute approximate surface area is 140 Å². The maximum Gasteiger partial charge on any atom is 0.342 e. The first-order valence-electron chi connectivity index (χ1n) is 7.59. The zero-order valence-electron chi connectivity index (χ0n) is 13.3. The van der Waals surface area contributed by atoms with Crippen molar-refractivity contribution in [2.45, 2.75) is 12.7 Å². The number of nitrogens with zero attached hydrogens (tertiary/aromatic N) is 2. The molecule has 1 aliphatic heterocycles. The number of nitrogens with two attached hydrogens (primary N) is 1. The molecule has 2 aromatic rings. The van der Waals surface area contributed by atoms with Crippen molar-refractivity contribution in [3.05, 3.63) is 65.7 Å². The molecule has 3 rings (SSSR count). The Kier molecular flexibility index (Phi) is 4.35. The van der Waals surface area contributed by atoms with Crippen molar-refractivity contribution >= 4 is 17.7 Å². The summed E-state index contributed by atoms with van der Waals surface area (Å²) in [6, 6.07) is 15.7. The highest BCUT2D eigenvalue weighted by Crippen LogP contribution is 2.35. The molecule has 1 atom stereocenters. The third kappa shape index (κ3) is 2.77. The fourth-order valence-corrected chi connectivity index (χ4v) is 2.87. The zero-order chi connectivity index (χ0) is 17.1. The van der Waals surface area contributed by atoms with Crippen LogP contribution in [0.25, 0.3) is 0 Å². The van der Waals surface area contributed by atoms with Crippen molar-refractivity contribution in [1.29, 1.82) is 0 Å². The van der Waals surface area contributed by atoms with E-state index < -0.39 is 18.2 Å². The van der Waals surface area contributed by atoms with Crippen molar-refractivity contribution in [1.82, 2.24) is 15.8 Å². The van der Waals surface area contributed by atoms with Crippen molar-refractivity contribution < 1.29 is 9.59 Å². The minimum Gasteiger partial charge on any atom is -0.350 e. The number of rotatable bonds is 4. The summed E-state index contributed by atoms with van der Waals surface area (Å²) in [6.07, 6.45) is -0.644. The van der Waals surface area contributed by atoms with Crippen LogP contribution in [0.1, 0.15) is 17.3 Å². The molecule has 0 saturated carbocycles. The fourth-order valence-electron chi connectivity index (χ4n) is 2.87. The zero-order valence-corrected chi connectivity index (χ0v) is 13.3. The van der Waals surface area contributed by atoms with Gasteiger partial charge in [-0.05, 0) is 24.2 Å². The minimum absolute atomic E-state index is 0.397. The predicted octanol–water partition coefficient (Wildman–Crippen LogP) is 1.93. The van der Waals surface area contributed by atoms with Crippen molar-refractivity contribution in [2.75, 3.05) is 11.9 Å². The van der Waals surface area contributed by atoms with Gasteiger partial charge in [0.25, 0.3) is 0 Å². The lowest BCUT2D eigenvalue weighted by atomic mass is 10.1. The molecule has 0 aromatic heterocycles. The Morgan fingerprint density at radius 1 is 1.17 bits per heavy atom. The number of benzene rings is 2. The molecule has 24 heavy (non-hydrogen) atoms. The second-order valence-corrected chi connectivity index (χ2v) is 5.44. The monoisotopic (exact) mass is 325 g/mol. The number of carbonyl (C=O) groups is 2. The third-order valence-corrected chi connectivity index (χ3v) is 3.88. The molecule has 0 bridgehead atoms. The molecule has 7 nitrogen and oxygen atoms in total. The predicted molar refractivity (Wildman–Crippen MR) is 90.8 cm³/mol. The van der Waals surface area contributed by atoms with Crippen molar-refractivity contribution in [3.8, 4) is 0 Å². The molecule has 4 N–H and O–H groups in total. The molecule has 7 heteroatoms. The molecule has 1 heterocycles. The largest absolute Gasteiger partial charge is 0.350 e. The maximum absolute atomic E-state index is 12.6. The van der Waals surface area contributed by atoms with E-state index in [0.717, 1.165) is 21.8 Å². The molecular formula is C17H19N5O2. The van der Waals surface area contributed by atoms with E-state index in [1.54, 1.807) is 4.90 Å². The summed E-state index contributed by atoms with van der Waals surface area (Å²) in [5.41, 5.74) is 10.5. The summed E-state index contributed by atoms with van der Waals surface area (Å²) in [4.78, 5) is 25.9. The molecule has 1 saturated heterocycles. The van der Waals surface area contributed by atoms with Gasteiger partial charge in [0.15, 0.2) is 6.17 Å². The van der Waals surface area contributed by atoms with Gasteiger partial charge in [-0.15, -0.1) is 0 Å². The highest BCUT2D eigenvalue weighted by molar-refractivity contribution is 5.98. The van der Waals surface area contributed by atoms with Crippen LogP contribution in [0.3, 0.4) is 0 Å². The van der Waals surface area contributed by atoms with Crippen LogP contribution in [-0.4, -0.2) is 24.1 Å². The number of primary amides is 1. The van der Waals surface area contributed by atoms with Gasteiger partial charge in [0.05, 0.1) is 5.69 Å². The molecule has 0 radical (unpaired) electrons. The van der Waals surface area contributed by atoms with Crippen LogP contribution in [0.5, 0.6) is 0 Å². The van der Waals surface area contributed by atoms with Gasteiger partial charge in [0, 0.05) is 6.54 Å². The molecule has 4 amide bonds. The highest BCUT2D eigenvalue weighted by Gasteiger charge is 2.42. The van der Waals surface area contributed by atoms with Gasteiger partial charge in [-0.25, -0.2) is 20.0 Å². The third-order valence-electron chi connectivity index (χ3n) is 3.88. The fraction of sp³-hybridized carbons (Fsp3) is 0.176. The second-order valence-electron chi connectivity index (χ2n) is 5.44. The number of hydrazine groups is 1. The lowest BCUT2D eigenvalue weighted by Gasteiger charge is -2.28. The quantitative estimate of drug-likeness (QED) is 0.802. The van der Waals surface area contributed by atoms with Gasteiger partial charge in [-0.2, -0.15) is 0 Å². The molecule has 2 aromatic carbocycles. The molecule has 1 fully saturated rings. The molecule has 124 valence electrons. The second kappa shape index (κ2) is 6.59. The van der Waals surface area contributed by atoms with E-state index >= 15 is 0 Å². The topological polar surface area (TPSA) is 90.7 Å². The number of anilines is 1. The van der Waals surface area contributed by atoms with E-state index in [4.69, 9.17) is 5.73 Å². The summed E-state index contributed by atoms with van der Waals surface area (Å²) in [6.45, 7) is 0.595. The summed E-state index contributed by atoms with van der Waals surface area (Å²) >= 11 is 0. The van der Waals surface area contributed by atoms with Gasteiger partial charge in [-0.3, -0.25) is 4.90 Å². The van der Waals surface area contributed by atoms with Crippen LogP contribution in [0.4, 0.5) is 15.3 Å². The number of para-hydroxylation sites is 1. The van der Waals surface area contributed by atoms with Crippen LogP contribution in [0, 0.1) is 0 Å². The highest BCUT2D eigenvalue weighted by atomic mass is 16.2. The van der Waals surface area contributed by atoms with E-state index in [1.807, 2.05) is 61.6 Å². The van der Waals surface area contributed by atoms with Crippen molar-refractivity contribution in [2.24, 2.45) is 5.73 Å². The Morgan fingerprint density at radius 2 is 1.83 bits per heavy atom. The van der Waals surface area contributed by atoms with E-state index in [2.05, 4.69) is 10.7 Å². The van der Waals surface area contributed by atoms with Gasteiger partial charge in [0.1, 0.15) is 0 Å². The maximum atomic E-state index is 12.6. The molecular weight excluding hydrogens is 306 g/mol. The number of carbonyl (C=O) groups excluding carboxylic acids is 2. The van der Waals surface area contributed by atoms with Crippen LogP contribution in [0.2, 0.25) is 0 Å². The first kappa shape index (κ1) is 15.8. The van der Waals surface area contributed by atoms with Crippen LogP contribution in [0.15, 0.2) is 54.6 Å². The normalized spacial score (nSPS) is 17.0. The Morgan fingerprint density at radius 3 is 2.50 bits per heavy atom. The Bertz CT molecular complexity index is 750. The molecule has 1 unspecified atom stereocenters. The van der Waals surface area contributed by atoms with Gasteiger partial charge in [-0.1, -0.05) is 48.5 Å². The molecule has 1 aliphatic rings. The number of hydrogen-bond donors (Lipinski definition) is 3. The van der Waals surface area contributed by atoms with E-state index in [0.29, 0.717) is 6.54 Å². The minimum atomic E-state index is -0.717. The molecule has 0 spiro atoms. The Hall–Kier alpha value is -3.06. The SMILES string of the molecule is CNCc1ccccc1N1C(=O)NN(C(N)=O)C1c1ccccc1. The van der Waals surface area contributed by atoms with Crippen LogP contribution in [-0.2, 0) is 6.54 Å². The number of urea groups is 2. The van der Waals surface area contributed by atoms with Gasteiger partial charge < -0.3 is 11.1 Å². The van der Waals surface area contributed by atoms with E-state index in [1.165, 1.54) is 0 Å². The lowest BCUT2D eigenvalue weighted by Crippen LogP contribution is -2.43. The standard InChI is InChI=1S/C17H19N5O2/c1-19-11-13-9-5-6-10-14(13)21-15(12-7-3-2-4-8-12)22(16(18)23)20-17(21)24/h2-10,15,19H,11H2,1H3,(H2,18,23)(H,20,24). The van der Waals surface area contributed by atoms with Gasteiger partial charge in [0.2, 0.25) is 0 Å². The van der Waals surface area contributed by atoms with Crippen LogP contribution >= 0.6 is 0 Å². The van der Waals surface area contributed by atoms with Crippen molar-refractivity contribution in [3.63, 3.8) is 0 Å². The number of nitrogens with one attached hydrogen (secondary N) is 2. The van der Waals surface area contributed by atoms with Gasteiger partial charge >= 0.3 is 12.1 Å². The number of amides is 4. The first-order valence-corrected chi connectivity index (χ1v) is 7.59. The lowest BCUT2D eigenvalue weighted by molar-refractivity contribution is 0.179.